The smallest absolute Gasteiger partial charge is 0.407 e. The Hall–Kier alpha value is -0.810. The second-order valence-electron chi connectivity index (χ2n) is 7.35. The quantitative estimate of drug-likeness (QED) is 0.791. The molecular formula is C17H35N3O2. The molecule has 130 valence electrons. The molecule has 1 heterocycles. The summed E-state index contributed by atoms with van der Waals surface area (Å²) in [6.45, 7) is 11.4. The Morgan fingerprint density at radius 2 is 2.09 bits per heavy atom. The molecule has 3 N–H and O–H groups in total. The lowest BCUT2D eigenvalue weighted by atomic mass is 9.98. The minimum Gasteiger partial charge on any atom is -0.444 e. The zero-order valence-corrected chi connectivity index (χ0v) is 14.9. The van der Waals surface area contributed by atoms with E-state index in [1.165, 1.54) is 25.7 Å². The van der Waals surface area contributed by atoms with Crippen molar-refractivity contribution < 1.29 is 9.53 Å². The van der Waals surface area contributed by atoms with E-state index in [0.29, 0.717) is 19.1 Å². The molecule has 5 heteroatoms. The molecule has 22 heavy (non-hydrogen) atoms. The highest BCUT2D eigenvalue weighted by molar-refractivity contribution is 5.67. The largest absolute Gasteiger partial charge is 0.444 e. The van der Waals surface area contributed by atoms with Crippen LogP contribution in [0, 0.1) is 5.92 Å². The van der Waals surface area contributed by atoms with Crippen LogP contribution in [0.1, 0.15) is 59.8 Å². The second kappa shape index (κ2) is 9.36. The number of rotatable bonds is 6. The van der Waals surface area contributed by atoms with E-state index in [1.807, 2.05) is 20.8 Å². The Balaban J connectivity index is 2.34. The van der Waals surface area contributed by atoms with E-state index in [2.05, 4.69) is 17.1 Å². The molecule has 5 nitrogen and oxygen atoms in total. The molecule has 2 atom stereocenters. The molecule has 1 aliphatic rings. The molecular weight excluding hydrogens is 278 g/mol. The van der Waals surface area contributed by atoms with Crippen molar-refractivity contribution in [3.8, 4) is 0 Å². The number of likely N-dealkylation sites (tertiary alicyclic amines) is 1. The lowest BCUT2D eigenvalue weighted by molar-refractivity contribution is 0.0522. The third-order valence-electron chi connectivity index (χ3n) is 4.39. The number of hydrogen-bond acceptors (Lipinski definition) is 4. The fourth-order valence-electron chi connectivity index (χ4n) is 3.07. The summed E-state index contributed by atoms with van der Waals surface area (Å²) in [5, 5.41) is 2.84. The average Bonchev–Trinajstić information content (AvgIpc) is 2.67. The van der Waals surface area contributed by atoms with Crippen LogP contribution in [0.15, 0.2) is 0 Å². The van der Waals surface area contributed by atoms with Gasteiger partial charge in [0.05, 0.1) is 0 Å². The number of hydrogen-bond donors (Lipinski definition) is 2. The highest BCUT2D eigenvalue weighted by Crippen LogP contribution is 2.21. The van der Waals surface area contributed by atoms with Gasteiger partial charge < -0.3 is 15.8 Å². The molecule has 0 saturated carbocycles. The molecule has 0 bridgehead atoms. The zero-order valence-electron chi connectivity index (χ0n) is 14.9. The molecule has 0 radical (unpaired) electrons. The summed E-state index contributed by atoms with van der Waals surface area (Å²) in [5.74, 6) is 0.864. The van der Waals surface area contributed by atoms with Crippen LogP contribution >= 0.6 is 0 Å². The van der Waals surface area contributed by atoms with E-state index in [9.17, 15) is 4.79 Å². The minimum absolute atomic E-state index is 0.342. The first kappa shape index (κ1) is 19.2. The zero-order chi connectivity index (χ0) is 16.6. The molecule has 1 saturated heterocycles. The number of nitrogens with one attached hydrogen (secondary N) is 1. The summed E-state index contributed by atoms with van der Waals surface area (Å²) in [6.07, 6.45) is 5.68. The van der Waals surface area contributed by atoms with Gasteiger partial charge in [-0.2, -0.15) is 0 Å². The Labute approximate surface area is 135 Å². The molecule has 1 rings (SSSR count). The van der Waals surface area contributed by atoms with Crippen molar-refractivity contribution in [3.05, 3.63) is 0 Å². The van der Waals surface area contributed by atoms with Crippen LogP contribution in [0.5, 0.6) is 0 Å². The number of nitrogens with two attached hydrogens (primary N) is 1. The van der Waals surface area contributed by atoms with E-state index in [0.717, 1.165) is 25.4 Å². The van der Waals surface area contributed by atoms with Crippen LogP contribution < -0.4 is 11.1 Å². The van der Waals surface area contributed by atoms with Crippen LogP contribution in [-0.2, 0) is 4.74 Å². The molecule has 0 aliphatic carbocycles. The Morgan fingerprint density at radius 1 is 1.36 bits per heavy atom. The Bertz CT molecular complexity index is 328. The number of amides is 1. The molecule has 1 amide bonds. The standard InChI is InChI=1S/C17H35N3O2/c1-5-14-7-6-11-20(12-9-14)15(13-18)8-10-19-16(21)22-17(2,3)4/h14-15H,5-13,18H2,1-4H3,(H,19,21). The number of carbonyl (C=O) groups excluding carboxylic acids is 1. The first-order valence-electron chi connectivity index (χ1n) is 8.76. The Morgan fingerprint density at radius 3 is 2.68 bits per heavy atom. The predicted molar refractivity (Wildman–Crippen MR) is 90.9 cm³/mol. The monoisotopic (exact) mass is 313 g/mol. The van der Waals surface area contributed by atoms with Gasteiger partial charge in [-0.05, 0) is 65.5 Å². The Kier molecular flexibility index (Phi) is 8.18. The summed E-state index contributed by atoms with van der Waals surface area (Å²) >= 11 is 0. The normalized spacial score (nSPS) is 22.0. The first-order chi connectivity index (χ1) is 10.4. The minimum atomic E-state index is -0.447. The highest BCUT2D eigenvalue weighted by atomic mass is 16.6. The third-order valence-corrected chi connectivity index (χ3v) is 4.39. The maximum Gasteiger partial charge on any atom is 0.407 e. The maximum atomic E-state index is 11.7. The number of alkyl carbamates (subject to hydrolysis) is 1. The molecule has 2 unspecified atom stereocenters. The number of nitrogens with zero attached hydrogens (tertiary/aromatic N) is 1. The first-order valence-corrected chi connectivity index (χ1v) is 8.76. The molecule has 0 aromatic heterocycles. The van der Waals surface area contributed by atoms with Gasteiger partial charge in [0.1, 0.15) is 5.60 Å². The van der Waals surface area contributed by atoms with E-state index in [4.69, 9.17) is 10.5 Å². The molecule has 0 aromatic carbocycles. The van der Waals surface area contributed by atoms with Crippen molar-refractivity contribution in [2.45, 2.75) is 71.4 Å². The molecule has 1 fully saturated rings. The molecule has 1 aliphatic heterocycles. The lowest BCUT2D eigenvalue weighted by Crippen LogP contribution is -2.43. The summed E-state index contributed by atoms with van der Waals surface area (Å²) in [4.78, 5) is 14.2. The van der Waals surface area contributed by atoms with Crippen LogP contribution in [0.2, 0.25) is 0 Å². The van der Waals surface area contributed by atoms with Crippen molar-refractivity contribution in [2.75, 3.05) is 26.2 Å². The molecule has 0 spiro atoms. The van der Waals surface area contributed by atoms with Gasteiger partial charge in [-0.25, -0.2) is 4.79 Å². The fraction of sp³-hybridized carbons (Fsp3) is 0.941. The van der Waals surface area contributed by atoms with Crippen molar-refractivity contribution in [1.82, 2.24) is 10.2 Å². The van der Waals surface area contributed by atoms with Crippen molar-refractivity contribution in [2.24, 2.45) is 11.7 Å². The molecule has 0 aromatic rings. The average molecular weight is 313 g/mol. The highest BCUT2D eigenvalue weighted by Gasteiger charge is 2.22. The van der Waals surface area contributed by atoms with E-state index in [1.54, 1.807) is 0 Å². The van der Waals surface area contributed by atoms with E-state index in [-0.39, 0.29) is 6.09 Å². The van der Waals surface area contributed by atoms with Gasteiger partial charge in [0.2, 0.25) is 0 Å². The van der Waals surface area contributed by atoms with Crippen LogP contribution in [0.3, 0.4) is 0 Å². The van der Waals surface area contributed by atoms with Gasteiger partial charge in [-0.3, -0.25) is 4.90 Å². The van der Waals surface area contributed by atoms with Gasteiger partial charge in [-0.1, -0.05) is 13.3 Å². The van der Waals surface area contributed by atoms with Crippen molar-refractivity contribution in [3.63, 3.8) is 0 Å². The van der Waals surface area contributed by atoms with Gasteiger partial charge in [0.15, 0.2) is 0 Å². The topological polar surface area (TPSA) is 67.6 Å². The van der Waals surface area contributed by atoms with Gasteiger partial charge in [-0.15, -0.1) is 0 Å². The summed E-state index contributed by atoms with van der Waals surface area (Å²) < 4.78 is 5.25. The number of ether oxygens (including phenoxy) is 1. The third kappa shape index (κ3) is 7.45. The van der Waals surface area contributed by atoms with E-state index < -0.39 is 5.60 Å². The van der Waals surface area contributed by atoms with Crippen molar-refractivity contribution in [1.29, 1.82) is 0 Å². The van der Waals surface area contributed by atoms with Gasteiger partial charge >= 0.3 is 6.09 Å². The summed E-state index contributed by atoms with van der Waals surface area (Å²) in [7, 11) is 0. The van der Waals surface area contributed by atoms with Gasteiger partial charge in [0, 0.05) is 19.1 Å². The SMILES string of the molecule is CCC1CCCN(C(CN)CCNC(=O)OC(C)(C)C)CC1. The van der Waals surface area contributed by atoms with Gasteiger partial charge in [0.25, 0.3) is 0 Å². The van der Waals surface area contributed by atoms with Crippen LogP contribution in [-0.4, -0.2) is 48.8 Å². The summed E-state index contributed by atoms with van der Waals surface area (Å²) in [5.41, 5.74) is 5.51. The maximum absolute atomic E-state index is 11.7. The predicted octanol–water partition coefficient (Wildman–Crippen LogP) is 2.74. The van der Waals surface area contributed by atoms with E-state index >= 15 is 0 Å². The van der Waals surface area contributed by atoms with Crippen LogP contribution in [0.4, 0.5) is 4.79 Å². The second-order valence-corrected chi connectivity index (χ2v) is 7.35. The number of carbonyl (C=O) groups is 1. The fourth-order valence-corrected chi connectivity index (χ4v) is 3.07. The summed E-state index contributed by atoms with van der Waals surface area (Å²) in [6, 6.07) is 0.352. The van der Waals surface area contributed by atoms with Crippen LogP contribution in [0.25, 0.3) is 0 Å². The lowest BCUT2D eigenvalue weighted by Gasteiger charge is -2.30. The van der Waals surface area contributed by atoms with Crippen molar-refractivity contribution >= 4 is 6.09 Å².